The van der Waals surface area contributed by atoms with Crippen LogP contribution >= 0.6 is 0 Å². The summed E-state index contributed by atoms with van der Waals surface area (Å²) in [5.74, 6) is 0. The summed E-state index contributed by atoms with van der Waals surface area (Å²) in [4.78, 5) is 0. The van der Waals surface area contributed by atoms with Gasteiger partial charge in [-0.1, -0.05) is 11.6 Å². The summed E-state index contributed by atoms with van der Waals surface area (Å²) >= 11 is 0. The second-order valence-corrected chi connectivity index (χ2v) is 3.11. The first-order valence-electron chi connectivity index (χ1n) is 4.34. The van der Waals surface area contributed by atoms with Gasteiger partial charge in [0, 0.05) is 18.3 Å². The number of hydrogen-bond donors (Lipinski definition) is 2. The zero-order chi connectivity index (χ0) is 8.23. The zero-order valence-electron chi connectivity index (χ0n) is 7.01. The van der Waals surface area contributed by atoms with E-state index in [1.807, 2.05) is 12.4 Å². The molecular weight excluding hydrogens is 150 g/mol. The molecule has 1 saturated heterocycles. The van der Waals surface area contributed by atoms with E-state index in [-0.39, 0.29) is 0 Å². The highest BCUT2D eigenvalue weighted by Gasteiger charge is 2.03. The summed E-state index contributed by atoms with van der Waals surface area (Å²) in [5.41, 5.74) is 2.65. The van der Waals surface area contributed by atoms with E-state index in [0.29, 0.717) is 0 Å². The second-order valence-electron chi connectivity index (χ2n) is 3.11. The standard InChI is InChI=1S/C9H13N3/c1-2-8(5-10-3-1)4-9-6-11-12-7-9/h4,6-7,10H,1-3,5H2,(H,11,12). The van der Waals surface area contributed by atoms with Crippen LogP contribution in [0, 0.1) is 0 Å². The fourth-order valence-corrected chi connectivity index (χ4v) is 1.48. The molecule has 0 aliphatic carbocycles. The summed E-state index contributed by atoms with van der Waals surface area (Å²) in [5, 5.41) is 10.1. The summed E-state index contributed by atoms with van der Waals surface area (Å²) in [6, 6.07) is 0. The molecule has 1 aromatic rings. The van der Waals surface area contributed by atoms with Crippen LogP contribution in [-0.2, 0) is 0 Å². The van der Waals surface area contributed by atoms with Crippen molar-refractivity contribution in [1.82, 2.24) is 15.5 Å². The van der Waals surface area contributed by atoms with Gasteiger partial charge in [-0.2, -0.15) is 5.10 Å². The molecule has 12 heavy (non-hydrogen) atoms. The predicted octanol–water partition coefficient (Wildman–Crippen LogP) is 1.18. The van der Waals surface area contributed by atoms with E-state index in [2.05, 4.69) is 21.6 Å². The largest absolute Gasteiger partial charge is 0.313 e. The van der Waals surface area contributed by atoms with Crippen LogP contribution in [0.3, 0.4) is 0 Å². The lowest BCUT2D eigenvalue weighted by atomic mass is 10.1. The van der Waals surface area contributed by atoms with Crippen LogP contribution in [0.5, 0.6) is 0 Å². The summed E-state index contributed by atoms with van der Waals surface area (Å²) < 4.78 is 0. The van der Waals surface area contributed by atoms with Crippen LogP contribution < -0.4 is 5.32 Å². The van der Waals surface area contributed by atoms with Crippen molar-refractivity contribution in [3.63, 3.8) is 0 Å². The molecule has 3 heteroatoms. The molecule has 1 aliphatic heterocycles. The summed E-state index contributed by atoms with van der Waals surface area (Å²) in [7, 11) is 0. The number of aromatic amines is 1. The fourth-order valence-electron chi connectivity index (χ4n) is 1.48. The Morgan fingerprint density at radius 3 is 3.17 bits per heavy atom. The number of H-pyrrole nitrogens is 1. The maximum absolute atomic E-state index is 3.90. The third-order valence-corrected chi connectivity index (χ3v) is 2.09. The van der Waals surface area contributed by atoms with Crippen LogP contribution in [0.2, 0.25) is 0 Å². The Hall–Kier alpha value is -1.09. The van der Waals surface area contributed by atoms with Crippen molar-refractivity contribution in [2.75, 3.05) is 13.1 Å². The molecule has 0 bridgehead atoms. The average molecular weight is 163 g/mol. The minimum atomic E-state index is 1.03. The first-order valence-corrected chi connectivity index (χ1v) is 4.34. The maximum atomic E-state index is 3.90. The highest BCUT2D eigenvalue weighted by atomic mass is 15.1. The number of hydrogen-bond acceptors (Lipinski definition) is 2. The van der Waals surface area contributed by atoms with Gasteiger partial charge in [0.2, 0.25) is 0 Å². The predicted molar refractivity (Wildman–Crippen MR) is 48.7 cm³/mol. The molecule has 2 heterocycles. The molecular formula is C9H13N3. The van der Waals surface area contributed by atoms with Gasteiger partial charge in [-0.25, -0.2) is 0 Å². The van der Waals surface area contributed by atoms with Crippen LogP contribution in [-0.4, -0.2) is 23.3 Å². The van der Waals surface area contributed by atoms with Crippen LogP contribution in [0.25, 0.3) is 6.08 Å². The molecule has 2 N–H and O–H groups in total. The molecule has 0 aromatic carbocycles. The van der Waals surface area contributed by atoms with Crippen molar-refractivity contribution in [2.24, 2.45) is 0 Å². The van der Waals surface area contributed by atoms with E-state index in [9.17, 15) is 0 Å². The Bertz CT molecular complexity index is 253. The van der Waals surface area contributed by atoms with Gasteiger partial charge in [0.1, 0.15) is 0 Å². The Kier molecular flexibility index (Phi) is 2.23. The van der Waals surface area contributed by atoms with E-state index in [1.54, 1.807) is 0 Å². The zero-order valence-corrected chi connectivity index (χ0v) is 7.01. The summed E-state index contributed by atoms with van der Waals surface area (Å²) in [6.07, 6.45) is 8.45. The van der Waals surface area contributed by atoms with E-state index in [4.69, 9.17) is 0 Å². The molecule has 1 aliphatic rings. The van der Waals surface area contributed by atoms with Crippen molar-refractivity contribution in [3.05, 3.63) is 23.5 Å². The lowest BCUT2D eigenvalue weighted by Gasteiger charge is -2.14. The van der Waals surface area contributed by atoms with Crippen LogP contribution in [0.15, 0.2) is 18.0 Å². The van der Waals surface area contributed by atoms with E-state index < -0.39 is 0 Å². The second kappa shape index (κ2) is 3.54. The molecule has 0 amide bonds. The van der Waals surface area contributed by atoms with Gasteiger partial charge in [0.05, 0.1) is 6.20 Å². The SMILES string of the molecule is C(=C1CCCNC1)c1cn[nH]c1. The quantitative estimate of drug-likeness (QED) is 0.652. The number of rotatable bonds is 1. The molecule has 1 fully saturated rings. The molecule has 64 valence electrons. The normalized spacial score (nSPS) is 21.5. The molecule has 2 rings (SSSR count). The number of nitrogens with zero attached hydrogens (tertiary/aromatic N) is 1. The monoisotopic (exact) mass is 163 g/mol. The lowest BCUT2D eigenvalue weighted by Crippen LogP contribution is -2.23. The fraction of sp³-hybridized carbons (Fsp3) is 0.444. The molecule has 0 spiro atoms. The highest BCUT2D eigenvalue weighted by molar-refractivity contribution is 5.51. The smallest absolute Gasteiger partial charge is 0.0559 e. The Labute approximate surface area is 71.9 Å². The van der Waals surface area contributed by atoms with Crippen molar-refractivity contribution < 1.29 is 0 Å². The molecule has 0 saturated carbocycles. The number of piperidine rings is 1. The van der Waals surface area contributed by atoms with Crippen LogP contribution in [0.1, 0.15) is 18.4 Å². The summed E-state index contributed by atoms with van der Waals surface area (Å²) in [6.45, 7) is 2.19. The number of nitrogens with one attached hydrogen (secondary N) is 2. The van der Waals surface area contributed by atoms with Gasteiger partial charge in [-0.05, 0) is 19.4 Å². The molecule has 0 radical (unpaired) electrons. The van der Waals surface area contributed by atoms with Gasteiger partial charge in [-0.3, -0.25) is 5.10 Å². The van der Waals surface area contributed by atoms with Gasteiger partial charge in [-0.15, -0.1) is 0 Å². The highest BCUT2D eigenvalue weighted by Crippen LogP contribution is 2.12. The van der Waals surface area contributed by atoms with E-state index in [0.717, 1.165) is 13.1 Å². The van der Waals surface area contributed by atoms with Gasteiger partial charge in [0.25, 0.3) is 0 Å². The topological polar surface area (TPSA) is 40.7 Å². The first-order chi connectivity index (χ1) is 5.95. The van der Waals surface area contributed by atoms with E-state index in [1.165, 1.54) is 24.0 Å². The number of aromatic nitrogens is 2. The van der Waals surface area contributed by atoms with Crippen molar-refractivity contribution in [3.8, 4) is 0 Å². The molecule has 3 nitrogen and oxygen atoms in total. The van der Waals surface area contributed by atoms with Gasteiger partial charge < -0.3 is 5.32 Å². The van der Waals surface area contributed by atoms with Crippen molar-refractivity contribution >= 4 is 6.08 Å². The van der Waals surface area contributed by atoms with Crippen molar-refractivity contribution in [1.29, 1.82) is 0 Å². The minimum absolute atomic E-state index is 1.03. The van der Waals surface area contributed by atoms with E-state index >= 15 is 0 Å². The molecule has 0 atom stereocenters. The first kappa shape index (κ1) is 7.55. The minimum Gasteiger partial charge on any atom is -0.313 e. The Balaban J connectivity index is 2.07. The van der Waals surface area contributed by atoms with Crippen molar-refractivity contribution in [2.45, 2.75) is 12.8 Å². The molecule has 1 aromatic heterocycles. The third kappa shape index (κ3) is 1.74. The Morgan fingerprint density at radius 2 is 2.50 bits per heavy atom. The Morgan fingerprint density at radius 1 is 1.50 bits per heavy atom. The molecule has 0 unspecified atom stereocenters. The lowest BCUT2D eigenvalue weighted by molar-refractivity contribution is 0.613. The van der Waals surface area contributed by atoms with Gasteiger partial charge >= 0.3 is 0 Å². The third-order valence-electron chi connectivity index (χ3n) is 2.09. The van der Waals surface area contributed by atoms with Gasteiger partial charge in [0.15, 0.2) is 0 Å². The average Bonchev–Trinajstić information content (AvgIpc) is 2.59. The van der Waals surface area contributed by atoms with Crippen LogP contribution in [0.4, 0.5) is 0 Å². The maximum Gasteiger partial charge on any atom is 0.0559 e.